The van der Waals surface area contributed by atoms with E-state index in [1.165, 1.54) is 0 Å². The quantitative estimate of drug-likeness (QED) is 0.825. The van der Waals surface area contributed by atoms with Crippen LogP contribution in [0.25, 0.3) is 0 Å². The van der Waals surface area contributed by atoms with Crippen LogP contribution in [0, 0.1) is 0 Å². The second-order valence-electron chi connectivity index (χ2n) is 4.96. The molecule has 1 fully saturated rings. The predicted octanol–water partition coefficient (Wildman–Crippen LogP) is 0.941. The first kappa shape index (κ1) is 13.7. The first-order valence-corrected chi connectivity index (χ1v) is 6.49. The average Bonchev–Trinajstić information content (AvgIpc) is 2.52. The van der Waals surface area contributed by atoms with E-state index in [2.05, 4.69) is 4.90 Å². The fraction of sp³-hybridized carbons (Fsp3) is 0.500. The number of amides is 1. The number of ether oxygens (including phenoxy) is 1. The lowest BCUT2D eigenvalue weighted by Gasteiger charge is -2.19. The number of carbonyl (C=O) groups is 1. The van der Waals surface area contributed by atoms with Crippen LogP contribution in [0.1, 0.15) is 12.0 Å². The third-order valence-corrected chi connectivity index (χ3v) is 3.45. The van der Waals surface area contributed by atoms with Crippen LogP contribution in [0.5, 0.6) is 5.75 Å². The average molecular weight is 263 g/mol. The summed E-state index contributed by atoms with van der Waals surface area (Å²) in [6.45, 7) is 2.98. The Kier molecular flexibility index (Phi) is 4.27. The molecule has 0 aromatic heterocycles. The number of rotatable bonds is 3. The number of anilines is 1. The highest BCUT2D eigenvalue weighted by Gasteiger charge is 2.18. The number of nitrogens with zero attached hydrogens (tertiary/aromatic N) is 2. The summed E-state index contributed by atoms with van der Waals surface area (Å²) in [5, 5.41) is 0. The molecule has 1 aromatic carbocycles. The van der Waals surface area contributed by atoms with Gasteiger partial charge in [-0.1, -0.05) is 6.07 Å². The van der Waals surface area contributed by atoms with Gasteiger partial charge < -0.3 is 15.4 Å². The van der Waals surface area contributed by atoms with Crippen molar-refractivity contribution in [3.05, 3.63) is 23.8 Å². The third kappa shape index (κ3) is 3.38. The molecule has 104 valence electrons. The lowest BCUT2D eigenvalue weighted by molar-refractivity contribution is -0.129. The summed E-state index contributed by atoms with van der Waals surface area (Å²) in [5.41, 5.74) is 7.64. The molecule has 0 radical (unpaired) electrons. The van der Waals surface area contributed by atoms with E-state index < -0.39 is 0 Å². The molecular formula is C14H21N3O2. The molecule has 1 aliphatic rings. The normalized spacial score (nSPS) is 17.4. The van der Waals surface area contributed by atoms with Crippen molar-refractivity contribution in [2.45, 2.75) is 13.0 Å². The molecule has 0 unspecified atom stereocenters. The molecule has 1 aliphatic heterocycles. The van der Waals surface area contributed by atoms with Gasteiger partial charge in [0.05, 0.1) is 19.3 Å². The summed E-state index contributed by atoms with van der Waals surface area (Å²) in [4.78, 5) is 15.8. The highest BCUT2D eigenvalue weighted by Crippen LogP contribution is 2.22. The van der Waals surface area contributed by atoms with Crippen LogP contribution in [0.3, 0.4) is 0 Å². The Morgan fingerprint density at radius 3 is 2.84 bits per heavy atom. The summed E-state index contributed by atoms with van der Waals surface area (Å²) >= 11 is 0. The number of hydrogen-bond acceptors (Lipinski definition) is 4. The van der Waals surface area contributed by atoms with Gasteiger partial charge in [-0.15, -0.1) is 0 Å². The molecule has 0 spiro atoms. The number of likely N-dealkylation sites (N-methyl/N-ethyl adjacent to an activating group) is 1. The topological polar surface area (TPSA) is 58.8 Å². The molecular weight excluding hydrogens is 242 g/mol. The standard InChI is InChI=1S/C14H21N3O2/c1-16-6-3-7-17(10-14(16)18)9-11-4-5-13(19-2)12(15)8-11/h4-5,8H,3,6-7,9-10,15H2,1-2H3. The summed E-state index contributed by atoms with van der Waals surface area (Å²) in [5.74, 6) is 0.870. The summed E-state index contributed by atoms with van der Waals surface area (Å²) < 4.78 is 5.14. The molecule has 5 heteroatoms. The first-order valence-electron chi connectivity index (χ1n) is 6.49. The smallest absolute Gasteiger partial charge is 0.236 e. The van der Waals surface area contributed by atoms with Crippen molar-refractivity contribution in [3.63, 3.8) is 0 Å². The molecule has 0 aliphatic carbocycles. The van der Waals surface area contributed by atoms with Crippen molar-refractivity contribution in [3.8, 4) is 5.75 Å². The zero-order chi connectivity index (χ0) is 13.8. The first-order chi connectivity index (χ1) is 9.10. The summed E-state index contributed by atoms with van der Waals surface area (Å²) in [7, 11) is 3.46. The van der Waals surface area contributed by atoms with Crippen LogP contribution < -0.4 is 10.5 Å². The Bertz CT molecular complexity index is 462. The molecule has 1 saturated heterocycles. The van der Waals surface area contributed by atoms with Gasteiger partial charge in [0.1, 0.15) is 5.75 Å². The Morgan fingerprint density at radius 2 is 2.16 bits per heavy atom. The van der Waals surface area contributed by atoms with Gasteiger partial charge in [0, 0.05) is 26.7 Å². The van der Waals surface area contributed by atoms with Crippen LogP contribution in [0.4, 0.5) is 5.69 Å². The van der Waals surface area contributed by atoms with Crippen molar-refractivity contribution in [1.29, 1.82) is 0 Å². The molecule has 1 aromatic rings. The van der Waals surface area contributed by atoms with Gasteiger partial charge >= 0.3 is 0 Å². The minimum absolute atomic E-state index is 0.180. The van der Waals surface area contributed by atoms with Crippen LogP contribution >= 0.6 is 0 Å². The van der Waals surface area contributed by atoms with Crippen LogP contribution in [-0.2, 0) is 11.3 Å². The van der Waals surface area contributed by atoms with Gasteiger partial charge in [0.2, 0.25) is 5.91 Å². The minimum atomic E-state index is 0.180. The maximum Gasteiger partial charge on any atom is 0.236 e. The molecule has 5 nitrogen and oxygen atoms in total. The molecule has 0 atom stereocenters. The van der Waals surface area contributed by atoms with E-state index >= 15 is 0 Å². The van der Waals surface area contributed by atoms with Crippen LogP contribution in [-0.4, -0.2) is 49.5 Å². The maximum atomic E-state index is 11.8. The zero-order valence-electron chi connectivity index (χ0n) is 11.6. The van der Waals surface area contributed by atoms with Crippen molar-refractivity contribution in [1.82, 2.24) is 9.80 Å². The second kappa shape index (κ2) is 5.93. The summed E-state index contributed by atoms with van der Waals surface area (Å²) in [6.07, 6.45) is 1.01. The molecule has 1 heterocycles. The Balaban J connectivity index is 2.04. The number of benzene rings is 1. The molecule has 1 amide bonds. The lowest BCUT2D eigenvalue weighted by Crippen LogP contribution is -2.34. The fourth-order valence-electron chi connectivity index (χ4n) is 2.32. The van der Waals surface area contributed by atoms with E-state index in [-0.39, 0.29) is 5.91 Å². The van der Waals surface area contributed by atoms with Crippen molar-refractivity contribution in [2.24, 2.45) is 0 Å². The van der Waals surface area contributed by atoms with Crippen LogP contribution in [0.15, 0.2) is 18.2 Å². The maximum absolute atomic E-state index is 11.8. The van der Waals surface area contributed by atoms with Gasteiger partial charge in [-0.2, -0.15) is 0 Å². The SMILES string of the molecule is COc1ccc(CN2CCCN(C)C(=O)C2)cc1N. The van der Waals surface area contributed by atoms with Crippen LogP contribution in [0.2, 0.25) is 0 Å². The summed E-state index contributed by atoms with van der Waals surface area (Å²) in [6, 6.07) is 5.78. The molecule has 0 saturated carbocycles. The van der Waals surface area contributed by atoms with Crippen molar-refractivity contribution in [2.75, 3.05) is 39.5 Å². The highest BCUT2D eigenvalue weighted by molar-refractivity contribution is 5.78. The van der Waals surface area contributed by atoms with Gasteiger partial charge in [-0.05, 0) is 24.1 Å². The number of nitrogens with two attached hydrogens (primary N) is 1. The van der Waals surface area contributed by atoms with E-state index in [0.29, 0.717) is 18.0 Å². The molecule has 2 N–H and O–H groups in total. The van der Waals surface area contributed by atoms with E-state index in [1.54, 1.807) is 12.0 Å². The van der Waals surface area contributed by atoms with E-state index in [1.807, 2.05) is 25.2 Å². The Hall–Kier alpha value is -1.75. The minimum Gasteiger partial charge on any atom is -0.495 e. The number of carbonyl (C=O) groups excluding carboxylic acids is 1. The molecule has 2 rings (SSSR count). The molecule has 19 heavy (non-hydrogen) atoms. The third-order valence-electron chi connectivity index (χ3n) is 3.45. The van der Waals surface area contributed by atoms with Gasteiger partial charge in [-0.25, -0.2) is 0 Å². The lowest BCUT2D eigenvalue weighted by atomic mass is 10.1. The van der Waals surface area contributed by atoms with Gasteiger partial charge in [0.15, 0.2) is 0 Å². The zero-order valence-corrected chi connectivity index (χ0v) is 11.6. The van der Waals surface area contributed by atoms with E-state index in [0.717, 1.165) is 31.6 Å². The largest absolute Gasteiger partial charge is 0.495 e. The Morgan fingerprint density at radius 1 is 1.37 bits per heavy atom. The highest BCUT2D eigenvalue weighted by atomic mass is 16.5. The monoisotopic (exact) mass is 263 g/mol. The van der Waals surface area contributed by atoms with Gasteiger partial charge in [-0.3, -0.25) is 9.69 Å². The van der Waals surface area contributed by atoms with E-state index in [4.69, 9.17) is 10.5 Å². The fourth-order valence-corrected chi connectivity index (χ4v) is 2.32. The predicted molar refractivity (Wildman–Crippen MR) is 74.9 cm³/mol. The Labute approximate surface area is 113 Å². The van der Waals surface area contributed by atoms with Crippen molar-refractivity contribution >= 4 is 11.6 Å². The number of hydrogen-bond donors (Lipinski definition) is 1. The van der Waals surface area contributed by atoms with Crippen molar-refractivity contribution < 1.29 is 9.53 Å². The number of nitrogen functional groups attached to an aromatic ring is 1. The van der Waals surface area contributed by atoms with E-state index in [9.17, 15) is 4.79 Å². The number of methoxy groups -OCH3 is 1. The second-order valence-corrected chi connectivity index (χ2v) is 4.96. The molecule has 0 bridgehead atoms. The van der Waals surface area contributed by atoms with Gasteiger partial charge in [0.25, 0.3) is 0 Å².